The van der Waals surface area contributed by atoms with Crippen molar-refractivity contribution < 1.29 is 0 Å². The third-order valence-corrected chi connectivity index (χ3v) is 3.55. The van der Waals surface area contributed by atoms with Crippen molar-refractivity contribution in [2.45, 2.75) is 5.75 Å². The second-order valence-electron chi connectivity index (χ2n) is 2.36. The van der Waals surface area contributed by atoms with Gasteiger partial charge in [0.25, 0.3) is 0 Å². The third-order valence-electron chi connectivity index (χ3n) is 1.64. The van der Waals surface area contributed by atoms with Gasteiger partial charge in [-0.15, -0.1) is 0 Å². The van der Waals surface area contributed by atoms with E-state index in [1.165, 1.54) is 11.1 Å². The molecule has 0 atom stereocenters. The van der Waals surface area contributed by atoms with Crippen molar-refractivity contribution in [3.63, 3.8) is 0 Å². The summed E-state index contributed by atoms with van der Waals surface area (Å²) < 4.78 is 0. The van der Waals surface area contributed by atoms with Crippen LogP contribution in [0.15, 0.2) is 29.7 Å². The number of benzene rings is 1. The van der Waals surface area contributed by atoms with E-state index in [1.54, 1.807) is 0 Å². The van der Waals surface area contributed by atoms with E-state index in [0.717, 1.165) is 5.75 Å². The highest BCUT2D eigenvalue weighted by Crippen LogP contribution is 2.32. The number of rotatable bonds is 0. The molecule has 0 fully saturated rings. The fraction of sp³-hybridized carbons (Fsp3) is 0.111. The van der Waals surface area contributed by atoms with E-state index in [2.05, 4.69) is 35.7 Å². The second kappa shape index (κ2) is 3.37. The lowest BCUT2D eigenvalue weighted by Gasteiger charge is -1.99. The minimum atomic E-state index is 1.12. The highest BCUT2D eigenvalue weighted by molar-refractivity contribution is 8.77. The molecule has 0 aliphatic carbocycles. The molecule has 0 spiro atoms. The van der Waals surface area contributed by atoms with Crippen LogP contribution in [0.1, 0.15) is 11.1 Å². The Balaban J connectivity index is 2.45. The molecule has 0 saturated carbocycles. The zero-order valence-corrected chi connectivity index (χ0v) is 7.62. The lowest BCUT2D eigenvalue weighted by atomic mass is 10.1. The first-order valence-corrected chi connectivity index (χ1v) is 5.88. The molecule has 1 aromatic carbocycles. The summed E-state index contributed by atoms with van der Waals surface area (Å²) in [6.45, 7) is 0. The highest BCUT2D eigenvalue weighted by Gasteiger charge is 2.01. The average Bonchev–Trinajstić information content (AvgIpc) is 2.28. The van der Waals surface area contributed by atoms with Gasteiger partial charge >= 0.3 is 0 Å². The third kappa shape index (κ3) is 1.63. The summed E-state index contributed by atoms with van der Waals surface area (Å²) in [5.74, 6) is 1.12. The molecule has 0 amide bonds. The quantitative estimate of drug-likeness (QED) is 0.560. The molecule has 0 radical (unpaired) electrons. The van der Waals surface area contributed by atoms with Crippen LogP contribution in [-0.4, -0.2) is 0 Å². The Morgan fingerprint density at radius 2 is 2.09 bits per heavy atom. The molecule has 1 aromatic rings. The first-order valence-electron chi connectivity index (χ1n) is 3.49. The van der Waals surface area contributed by atoms with Crippen LogP contribution in [0, 0.1) is 0 Å². The lowest BCUT2D eigenvalue weighted by Crippen LogP contribution is -1.81. The number of hydrogen-bond donors (Lipinski definition) is 0. The molecule has 11 heavy (non-hydrogen) atoms. The van der Waals surface area contributed by atoms with Gasteiger partial charge in [0, 0.05) is 5.75 Å². The molecule has 0 N–H and O–H groups in total. The normalized spacial score (nSPS) is 15.6. The SMILES string of the molecule is C1=Cc2ccccc2CSS1. The summed E-state index contributed by atoms with van der Waals surface area (Å²) in [4.78, 5) is 0. The van der Waals surface area contributed by atoms with E-state index in [-0.39, 0.29) is 0 Å². The zero-order valence-electron chi connectivity index (χ0n) is 5.99. The summed E-state index contributed by atoms with van der Waals surface area (Å²) in [6, 6.07) is 8.55. The Labute approximate surface area is 74.5 Å². The van der Waals surface area contributed by atoms with Crippen LogP contribution >= 0.6 is 21.6 Å². The van der Waals surface area contributed by atoms with Crippen LogP contribution in [0.3, 0.4) is 0 Å². The van der Waals surface area contributed by atoms with Crippen molar-refractivity contribution in [1.29, 1.82) is 0 Å². The van der Waals surface area contributed by atoms with Crippen molar-refractivity contribution in [1.82, 2.24) is 0 Å². The fourth-order valence-corrected chi connectivity index (χ4v) is 2.79. The number of hydrogen-bond acceptors (Lipinski definition) is 2. The monoisotopic (exact) mass is 180 g/mol. The van der Waals surface area contributed by atoms with Crippen molar-refractivity contribution in [3.05, 3.63) is 40.8 Å². The Kier molecular flexibility index (Phi) is 2.24. The van der Waals surface area contributed by atoms with Crippen LogP contribution in [0.5, 0.6) is 0 Å². The van der Waals surface area contributed by atoms with Crippen molar-refractivity contribution in [2.24, 2.45) is 0 Å². The Morgan fingerprint density at radius 3 is 3.09 bits per heavy atom. The first-order chi connectivity index (χ1) is 5.47. The van der Waals surface area contributed by atoms with Gasteiger partial charge in [-0.05, 0) is 22.6 Å². The van der Waals surface area contributed by atoms with Crippen LogP contribution < -0.4 is 0 Å². The Morgan fingerprint density at radius 1 is 1.18 bits per heavy atom. The molecule has 0 saturated heterocycles. The topological polar surface area (TPSA) is 0 Å². The van der Waals surface area contributed by atoms with E-state index in [0.29, 0.717) is 0 Å². The number of fused-ring (bicyclic) bond motifs is 1. The van der Waals surface area contributed by atoms with Gasteiger partial charge in [-0.3, -0.25) is 0 Å². The van der Waals surface area contributed by atoms with Gasteiger partial charge in [-0.25, -0.2) is 0 Å². The van der Waals surface area contributed by atoms with Gasteiger partial charge < -0.3 is 0 Å². The molecule has 1 aliphatic rings. The second-order valence-corrected chi connectivity index (χ2v) is 4.63. The lowest BCUT2D eigenvalue weighted by molar-refractivity contribution is 1.40. The molecule has 1 heterocycles. The van der Waals surface area contributed by atoms with Crippen LogP contribution in [0.2, 0.25) is 0 Å². The predicted molar refractivity (Wildman–Crippen MR) is 54.4 cm³/mol. The van der Waals surface area contributed by atoms with E-state index < -0.39 is 0 Å². The molecule has 0 bridgehead atoms. The first kappa shape index (κ1) is 7.32. The average molecular weight is 180 g/mol. The van der Waals surface area contributed by atoms with Crippen molar-refractivity contribution in [2.75, 3.05) is 0 Å². The zero-order chi connectivity index (χ0) is 7.52. The van der Waals surface area contributed by atoms with Gasteiger partial charge in [0.05, 0.1) is 0 Å². The summed E-state index contributed by atoms with van der Waals surface area (Å²) in [6.07, 6.45) is 2.18. The molecule has 0 aromatic heterocycles. The molecule has 56 valence electrons. The molecule has 2 rings (SSSR count). The molecule has 2 heteroatoms. The van der Waals surface area contributed by atoms with Gasteiger partial charge in [0.2, 0.25) is 0 Å². The Bertz CT molecular complexity index is 279. The highest BCUT2D eigenvalue weighted by atomic mass is 33.1. The molecular weight excluding hydrogens is 172 g/mol. The molecule has 0 unspecified atom stereocenters. The summed E-state index contributed by atoms with van der Waals surface area (Å²) >= 11 is 0. The van der Waals surface area contributed by atoms with Crippen molar-refractivity contribution >= 4 is 27.7 Å². The molecule has 0 nitrogen and oxygen atoms in total. The van der Waals surface area contributed by atoms with Crippen molar-refractivity contribution in [3.8, 4) is 0 Å². The van der Waals surface area contributed by atoms with Gasteiger partial charge in [-0.2, -0.15) is 0 Å². The predicted octanol–water partition coefficient (Wildman–Crippen LogP) is 3.55. The van der Waals surface area contributed by atoms with Gasteiger partial charge in [-0.1, -0.05) is 45.9 Å². The summed E-state index contributed by atoms with van der Waals surface area (Å²) in [5.41, 5.74) is 2.81. The Hall–Kier alpha value is -0.340. The van der Waals surface area contributed by atoms with E-state index in [4.69, 9.17) is 0 Å². The van der Waals surface area contributed by atoms with E-state index in [9.17, 15) is 0 Å². The molecule has 1 aliphatic heterocycles. The van der Waals surface area contributed by atoms with Gasteiger partial charge in [0.15, 0.2) is 0 Å². The van der Waals surface area contributed by atoms with Gasteiger partial charge in [0.1, 0.15) is 0 Å². The maximum Gasteiger partial charge on any atom is 0.0297 e. The molecular formula is C9H8S2. The van der Waals surface area contributed by atoms with Crippen LogP contribution in [0.25, 0.3) is 6.08 Å². The maximum atomic E-state index is 2.19. The minimum Gasteiger partial charge on any atom is -0.0847 e. The standard InChI is InChI=1S/C9H8S2/c1-2-4-9-7-11-10-6-5-8(9)3-1/h1-6H,7H2. The van der Waals surface area contributed by atoms with E-state index in [1.807, 2.05) is 21.6 Å². The van der Waals surface area contributed by atoms with Crippen LogP contribution in [0.4, 0.5) is 0 Å². The van der Waals surface area contributed by atoms with E-state index >= 15 is 0 Å². The fourth-order valence-electron chi connectivity index (χ4n) is 1.07. The largest absolute Gasteiger partial charge is 0.0847 e. The summed E-state index contributed by atoms with van der Waals surface area (Å²) in [5, 5.41) is 2.15. The van der Waals surface area contributed by atoms with Crippen LogP contribution in [-0.2, 0) is 5.75 Å². The smallest absolute Gasteiger partial charge is 0.0297 e. The minimum absolute atomic E-state index is 1.12. The summed E-state index contributed by atoms with van der Waals surface area (Å²) in [7, 11) is 3.70. The maximum absolute atomic E-state index is 2.19.